The Morgan fingerprint density at radius 3 is 2.17 bits per heavy atom. The van der Waals surface area contributed by atoms with Crippen LogP contribution in [0.5, 0.6) is 0 Å². The predicted molar refractivity (Wildman–Crippen MR) is 150 cm³/mol. The molecule has 4 rings (SSSR count). The van der Waals surface area contributed by atoms with E-state index in [4.69, 9.17) is 9.59 Å². The molecule has 0 atom stereocenters. The van der Waals surface area contributed by atoms with Gasteiger partial charge in [0.2, 0.25) is 0 Å². The number of nitrogens with two attached hydrogens (primary N) is 1. The lowest BCUT2D eigenvalue weighted by Gasteiger charge is -2.13. The number of nitrogens with one attached hydrogen (secondary N) is 1. The number of carbonyl (C=O) groups is 1. The molecular formula is C28H42N4O3S. The summed E-state index contributed by atoms with van der Waals surface area (Å²) in [6, 6.07) is 14.2. The first kappa shape index (κ1) is 33.2. The molecule has 0 saturated carbocycles. The van der Waals surface area contributed by atoms with Gasteiger partial charge >= 0.3 is 6.15 Å². The van der Waals surface area contributed by atoms with E-state index in [2.05, 4.69) is 58.5 Å². The Bertz CT molecular complexity index is 919. The molecule has 1 amide bonds. The summed E-state index contributed by atoms with van der Waals surface area (Å²) >= 11 is 1.83. The summed E-state index contributed by atoms with van der Waals surface area (Å²) in [7, 11) is 1.50. The first-order valence-electron chi connectivity index (χ1n) is 12.6. The first-order chi connectivity index (χ1) is 17.6. The van der Waals surface area contributed by atoms with Gasteiger partial charge in [-0.1, -0.05) is 58.7 Å². The van der Waals surface area contributed by atoms with Gasteiger partial charge in [-0.05, 0) is 67.2 Å². The van der Waals surface area contributed by atoms with Crippen LogP contribution in [0.25, 0.3) is 0 Å². The predicted octanol–water partition coefficient (Wildman–Crippen LogP) is 5.80. The average Bonchev–Trinajstić information content (AvgIpc) is 3.63. The van der Waals surface area contributed by atoms with Gasteiger partial charge in [-0.25, -0.2) is 4.31 Å². The molecule has 2 heterocycles. The number of aliphatic imine (C=N–C) groups is 1. The molecule has 7 nitrogen and oxygen atoms in total. The SMILES string of the molecule is CC.CCCC.CN.O=C(NCc1ccc(SN2CCCC2)cc1)c1ccc2c(c1)N=CC2.O=C=O. The third-order valence-corrected chi connectivity index (χ3v) is 6.17. The van der Waals surface area contributed by atoms with Gasteiger partial charge in [-0.3, -0.25) is 9.79 Å². The van der Waals surface area contributed by atoms with Crippen LogP contribution in [0.3, 0.4) is 0 Å². The van der Waals surface area contributed by atoms with Crippen LogP contribution in [0.1, 0.15) is 74.9 Å². The fourth-order valence-electron chi connectivity index (χ4n) is 3.12. The number of hydrogen-bond donors (Lipinski definition) is 2. The van der Waals surface area contributed by atoms with Crippen molar-refractivity contribution < 1.29 is 14.4 Å². The lowest BCUT2D eigenvalue weighted by atomic mass is 10.1. The van der Waals surface area contributed by atoms with Gasteiger partial charge in [-0.15, -0.1) is 0 Å². The third-order valence-electron chi connectivity index (χ3n) is 5.07. The number of hydrogen-bond acceptors (Lipinski definition) is 7. The minimum Gasteiger partial charge on any atom is -0.348 e. The maximum Gasteiger partial charge on any atom is 0.373 e. The molecule has 0 aliphatic carbocycles. The number of unbranched alkanes of at least 4 members (excludes halogenated alkanes) is 1. The second-order valence-electron chi connectivity index (χ2n) is 7.50. The molecule has 36 heavy (non-hydrogen) atoms. The van der Waals surface area contributed by atoms with Crippen LogP contribution in [0.15, 0.2) is 52.4 Å². The smallest absolute Gasteiger partial charge is 0.348 e. The maximum absolute atomic E-state index is 12.3. The fourth-order valence-corrected chi connectivity index (χ4v) is 4.12. The molecule has 1 saturated heterocycles. The van der Waals surface area contributed by atoms with Crippen LogP contribution in [0.4, 0.5) is 5.69 Å². The molecule has 0 bridgehead atoms. The van der Waals surface area contributed by atoms with E-state index in [0.29, 0.717) is 12.1 Å². The van der Waals surface area contributed by atoms with Crippen molar-refractivity contribution in [1.29, 1.82) is 0 Å². The van der Waals surface area contributed by atoms with E-state index in [1.165, 1.54) is 56.3 Å². The van der Waals surface area contributed by atoms with Crippen molar-refractivity contribution in [3.05, 3.63) is 59.2 Å². The number of amides is 1. The summed E-state index contributed by atoms with van der Waals surface area (Å²) in [6.45, 7) is 11.2. The Balaban J connectivity index is 0.000000966. The molecule has 2 aliphatic rings. The van der Waals surface area contributed by atoms with Crippen molar-refractivity contribution in [3.63, 3.8) is 0 Å². The molecule has 3 N–H and O–H groups in total. The van der Waals surface area contributed by atoms with Crippen molar-refractivity contribution in [3.8, 4) is 0 Å². The molecular weight excluding hydrogens is 472 g/mol. The van der Waals surface area contributed by atoms with Crippen LogP contribution >= 0.6 is 11.9 Å². The monoisotopic (exact) mass is 514 g/mol. The van der Waals surface area contributed by atoms with Crippen molar-refractivity contribution in [1.82, 2.24) is 9.62 Å². The van der Waals surface area contributed by atoms with E-state index in [1.807, 2.05) is 50.2 Å². The van der Waals surface area contributed by atoms with E-state index in [-0.39, 0.29) is 12.1 Å². The van der Waals surface area contributed by atoms with Gasteiger partial charge in [0.05, 0.1) is 5.69 Å². The van der Waals surface area contributed by atoms with E-state index < -0.39 is 0 Å². The molecule has 0 unspecified atom stereocenters. The zero-order valence-corrected chi connectivity index (χ0v) is 23.2. The standard InChI is InChI=1S/C20H21N3OS.C4H10.C2H6.CH5N.CO2/c24-20(17-6-5-16-9-10-21-19(16)13-17)22-14-15-3-7-18(8-4-15)25-23-11-1-2-12-23;1-3-4-2;2*1-2;2-1-3/h3-8,10,13H,1-2,9,11-12,14H2,(H,22,24);3-4H2,1-2H3;1-2H3;2H2,1H3;. The molecule has 8 heteroatoms. The Kier molecular flexibility index (Phi) is 19.9. The van der Waals surface area contributed by atoms with Gasteiger partial charge < -0.3 is 11.1 Å². The number of nitrogens with zero attached hydrogens (tertiary/aromatic N) is 2. The highest BCUT2D eigenvalue weighted by Gasteiger charge is 2.13. The topological polar surface area (TPSA) is 105 Å². The second-order valence-corrected chi connectivity index (χ2v) is 8.67. The molecule has 0 radical (unpaired) electrons. The number of benzene rings is 2. The first-order valence-corrected chi connectivity index (χ1v) is 13.4. The molecule has 2 aromatic rings. The lowest BCUT2D eigenvalue weighted by Crippen LogP contribution is -2.22. The highest BCUT2D eigenvalue weighted by atomic mass is 32.2. The van der Waals surface area contributed by atoms with Crippen LogP contribution in [0, 0.1) is 0 Å². The Hall–Kier alpha value is -2.77. The van der Waals surface area contributed by atoms with Crippen molar-refractivity contribution in [2.24, 2.45) is 10.7 Å². The zero-order valence-electron chi connectivity index (χ0n) is 22.4. The summed E-state index contributed by atoms with van der Waals surface area (Å²) in [5.41, 5.74) is 8.37. The summed E-state index contributed by atoms with van der Waals surface area (Å²) in [6.07, 6.45) is 8.23. The van der Waals surface area contributed by atoms with E-state index >= 15 is 0 Å². The molecule has 0 aromatic heterocycles. The lowest BCUT2D eigenvalue weighted by molar-refractivity contribution is -0.191. The Morgan fingerprint density at radius 2 is 1.61 bits per heavy atom. The summed E-state index contributed by atoms with van der Waals surface area (Å²) < 4.78 is 2.41. The molecule has 1 fully saturated rings. The maximum atomic E-state index is 12.3. The van der Waals surface area contributed by atoms with Crippen LogP contribution in [-0.2, 0) is 22.6 Å². The van der Waals surface area contributed by atoms with Crippen LogP contribution in [0.2, 0.25) is 0 Å². The Morgan fingerprint density at radius 1 is 1.03 bits per heavy atom. The highest BCUT2D eigenvalue weighted by Crippen LogP contribution is 2.27. The van der Waals surface area contributed by atoms with Crippen molar-refractivity contribution in [2.45, 2.75) is 71.2 Å². The number of rotatable bonds is 6. The minimum absolute atomic E-state index is 0.0552. The van der Waals surface area contributed by atoms with Gasteiger partial charge in [0.1, 0.15) is 0 Å². The summed E-state index contributed by atoms with van der Waals surface area (Å²) in [5, 5.41) is 2.99. The van der Waals surface area contributed by atoms with E-state index in [9.17, 15) is 4.79 Å². The van der Waals surface area contributed by atoms with E-state index in [0.717, 1.165) is 17.7 Å². The van der Waals surface area contributed by atoms with Gasteiger partial charge in [-0.2, -0.15) is 9.59 Å². The molecule has 0 spiro atoms. The largest absolute Gasteiger partial charge is 0.373 e. The van der Waals surface area contributed by atoms with E-state index in [1.54, 1.807) is 0 Å². The number of carbonyl (C=O) groups excluding carboxylic acids is 3. The quantitative estimate of drug-likeness (QED) is 0.472. The van der Waals surface area contributed by atoms with Crippen molar-refractivity contribution >= 4 is 35.9 Å². The second kappa shape index (κ2) is 21.5. The van der Waals surface area contributed by atoms with Crippen LogP contribution < -0.4 is 11.1 Å². The van der Waals surface area contributed by atoms with Crippen LogP contribution in [-0.4, -0.2) is 42.7 Å². The minimum atomic E-state index is -0.0552. The summed E-state index contributed by atoms with van der Waals surface area (Å²) in [5.74, 6) is -0.0552. The molecule has 2 aliphatic heterocycles. The molecule has 2 aromatic carbocycles. The highest BCUT2D eigenvalue weighted by molar-refractivity contribution is 7.97. The fraction of sp³-hybridized carbons (Fsp3) is 0.464. The Labute approximate surface area is 221 Å². The van der Waals surface area contributed by atoms with Gasteiger partial charge in [0.15, 0.2) is 0 Å². The summed E-state index contributed by atoms with van der Waals surface area (Å²) in [4.78, 5) is 34.2. The normalized spacial score (nSPS) is 12.6. The van der Waals surface area contributed by atoms with Crippen molar-refractivity contribution in [2.75, 3.05) is 20.1 Å². The third kappa shape index (κ3) is 12.8. The van der Waals surface area contributed by atoms with Gasteiger partial charge in [0, 0.05) is 42.7 Å². The number of fused-ring (bicyclic) bond motifs is 1. The van der Waals surface area contributed by atoms with Gasteiger partial charge in [0.25, 0.3) is 5.91 Å². The average molecular weight is 515 g/mol. The molecule has 198 valence electrons. The zero-order chi connectivity index (χ0) is 27.2.